The van der Waals surface area contributed by atoms with Gasteiger partial charge >= 0.3 is 24.5 Å². The predicted molar refractivity (Wildman–Crippen MR) is 96.4 cm³/mol. The van der Waals surface area contributed by atoms with Crippen LogP contribution in [0.5, 0.6) is 5.75 Å². The van der Waals surface area contributed by atoms with Gasteiger partial charge in [-0.1, -0.05) is 53.8 Å². The molecule has 0 saturated heterocycles. The molecule has 0 N–H and O–H groups in total. The second-order valence-electron chi connectivity index (χ2n) is 4.90. The molecule has 0 bridgehead atoms. The van der Waals surface area contributed by atoms with Gasteiger partial charge in [0.05, 0.1) is 0 Å². The predicted octanol–water partition coefficient (Wildman–Crippen LogP) is 4.80. The van der Waals surface area contributed by atoms with Gasteiger partial charge in [0.15, 0.2) is 0 Å². The van der Waals surface area contributed by atoms with E-state index in [1.807, 2.05) is 54.6 Å². The second-order valence-corrected chi connectivity index (χ2v) is 5.33. The van der Waals surface area contributed by atoms with Crippen LogP contribution in [0.15, 0.2) is 90.6 Å². The fraction of sp³-hybridized carbons (Fsp3) is 0. The first-order valence-corrected chi connectivity index (χ1v) is 7.79. The fourth-order valence-corrected chi connectivity index (χ4v) is 2.15. The van der Waals surface area contributed by atoms with Crippen LogP contribution in [-0.2, 0) is 17.1 Å². The molecular formula is C19H14BClF2FeO2. The van der Waals surface area contributed by atoms with Crippen molar-refractivity contribution < 1.29 is 35.5 Å². The summed E-state index contributed by atoms with van der Waals surface area (Å²) in [6.07, 6.45) is 10.2. The van der Waals surface area contributed by atoms with Crippen LogP contribution in [-0.4, -0.2) is 7.47 Å². The molecule has 26 heavy (non-hydrogen) atoms. The third kappa shape index (κ3) is 7.40. The first kappa shape index (κ1) is 21.9. The van der Waals surface area contributed by atoms with Crippen molar-refractivity contribution in [1.82, 2.24) is 0 Å². The van der Waals surface area contributed by atoms with Crippen LogP contribution in [0.25, 0.3) is 5.76 Å². The minimum absolute atomic E-state index is 0. The van der Waals surface area contributed by atoms with Crippen LogP contribution in [0.4, 0.5) is 8.63 Å². The van der Waals surface area contributed by atoms with Gasteiger partial charge in [-0.25, -0.2) is 20.8 Å². The third-order valence-electron chi connectivity index (χ3n) is 3.09. The summed E-state index contributed by atoms with van der Waals surface area (Å²) in [4.78, 5) is 0. The summed E-state index contributed by atoms with van der Waals surface area (Å²) in [5.74, 6) is -0.647. The van der Waals surface area contributed by atoms with E-state index >= 15 is 0 Å². The van der Waals surface area contributed by atoms with Crippen LogP contribution in [0.1, 0.15) is 5.56 Å². The van der Waals surface area contributed by atoms with Crippen molar-refractivity contribution in [3.05, 3.63) is 101 Å². The average molecular weight is 414 g/mol. The van der Waals surface area contributed by atoms with E-state index in [1.54, 1.807) is 6.08 Å². The van der Waals surface area contributed by atoms with Gasteiger partial charge in [0.25, 0.3) is 0 Å². The van der Waals surface area contributed by atoms with Gasteiger partial charge < -0.3 is 9.76 Å². The molecule has 0 spiro atoms. The molecule has 0 atom stereocenters. The molecular weight excluding hydrogens is 400 g/mol. The normalized spacial score (nSPS) is 12.1. The van der Waals surface area contributed by atoms with Crippen molar-refractivity contribution >= 4 is 24.8 Å². The zero-order chi connectivity index (χ0) is 18.1. The van der Waals surface area contributed by atoms with E-state index < -0.39 is 13.2 Å². The topological polar surface area (TPSA) is 32.3 Å². The number of hydrogen-bond donors (Lipinski definition) is 0. The number of allylic oxidation sites excluding steroid dienone is 7. The van der Waals surface area contributed by atoms with Crippen LogP contribution in [0.3, 0.4) is 0 Å². The Kier molecular flexibility index (Phi) is 9.67. The molecule has 0 saturated carbocycles. The summed E-state index contributed by atoms with van der Waals surface area (Å²) >= 11 is 5.78. The van der Waals surface area contributed by atoms with Gasteiger partial charge in [-0.3, -0.25) is 0 Å². The molecule has 2 aromatic rings. The van der Waals surface area contributed by atoms with Gasteiger partial charge in [-0.05, 0) is 23.8 Å². The molecule has 0 aromatic heterocycles. The molecule has 7 heteroatoms. The fourth-order valence-electron chi connectivity index (χ4n) is 1.98. The van der Waals surface area contributed by atoms with Crippen molar-refractivity contribution in [2.24, 2.45) is 0 Å². The average Bonchev–Trinajstić information content (AvgIpc) is 3.30. The van der Waals surface area contributed by atoms with Crippen LogP contribution in [0, 0.1) is 0 Å². The Morgan fingerprint density at radius 3 is 2.35 bits per heavy atom. The van der Waals surface area contributed by atoms with E-state index in [0.29, 0.717) is 0 Å². The molecule has 0 unspecified atom stereocenters. The monoisotopic (exact) mass is 414 g/mol. The zero-order valence-electron chi connectivity index (χ0n) is 13.5. The zero-order valence-corrected chi connectivity index (χ0v) is 15.3. The number of rotatable bonds is 4. The third-order valence-corrected chi connectivity index (χ3v) is 3.33. The van der Waals surface area contributed by atoms with Gasteiger partial charge in [0.2, 0.25) is 0 Å². The van der Waals surface area contributed by atoms with Crippen molar-refractivity contribution in [3.63, 3.8) is 0 Å². The Morgan fingerprint density at radius 2 is 1.81 bits per heavy atom. The SMILES string of the molecule is [Fe+2].[O-]C(=CC=C1C=CC=C1)c1cc(Cl)ccc1OB(F)F.c1cc[cH-]c1. The molecule has 0 amide bonds. The molecule has 2 nitrogen and oxygen atoms in total. The summed E-state index contributed by atoms with van der Waals surface area (Å²) in [6.45, 7) is 0. The van der Waals surface area contributed by atoms with Crippen LogP contribution in [0.2, 0.25) is 5.02 Å². The minimum atomic E-state index is -3.00. The molecule has 0 aliphatic heterocycles. The maximum absolute atomic E-state index is 12.3. The standard InChI is InChI=1S/C14H10BClF2O2.C5H5.Fe/c16-11-6-8-14(20-15(17)18)12(9-11)13(19)7-5-10-3-1-2-4-10;1-2-4-5-3-1;/h1-9,19H;1-5H;/q;-1;+2/p-1. The van der Waals surface area contributed by atoms with Crippen molar-refractivity contribution in [3.8, 4) is 5.75 Å². The van der Waals surface area contributed by atoms with E-state index in [0.717, 1.165) is 5.57 Å². The number of hydrogen-bond acceptors (Lipinski definition) is 2. The number of halogens is 3. The Morgan fingerprint density at radius 1 is 1.15 bits per heavy atom. The molecule has 134 valence electrons. The summed E-state index contributed by atoms with van der Waals surface area (Å²) in [6, 6.07) is 13.9. The molecule has 2 aromatic carbocycles. The molecule has 1 aliphatic rings. The minimum Gasteiger partial charge on any atom is -0.872 e. The molecule has 3 rings (SSSR count). The second kappa shape index (κ2) is 11.5. The summed E-state index contributed by atoms with van der Waals surface area (Å²) in [5, 5.41) is 12.3. The Bertz CT molecular complexity index is 769. The summed E-state index contributed by atoms with van der Waals surface area (Å²) < 4.78 is 28.9. The van der Waals surface area contributed by atoms with Gasteiger partial charge in [0, 0.05) is 10.6 Å². The summed E-state index contributed by atoms with van der Waals surface area (Å²) in [7, 11) is -3.00. The number of benzene rings is 1. The Balaban J connectivity index is 0.000000486. The van der Waals surface area contributed by atoms with Gasteiger partial charge in [0.1, 0.15) is 5.75 Å². The maximum Gasteiger partial charge on any atom is 2.00 e. The van der Waals surface area contributed by atoms with Crippen LogP contribution >= 0.6 is 11.6 Å². The van der Waals surface area contributed by atoms with Crippen molar-refractivity contribution in [2.45, 2.75) is 0 Å². The molecule has 0 heterocycles. The van der Waals surface area contributed by atoms with Crippen molar-refractivity contribution in [2.75, 3.05) is 0 Å². The van der Waals surface area contributed by atoms with Gasteiger partial charge in [-0.15, -0.1) is 0 Å². The Labute approximate surface area is 167 Å². The van der Waals surface area contributed by atoms with E-state index in [-0.39, 0.29) is 33.4 Å². The Hall–Kier alpha value is -2.14. The maximum atomic E-state index is 12.3. The largest absolute Gasteiger partial charge is 2.00 e. The van der Waals surface area contributed by atoms with E-state index in [9.17, 15) is 13.7 Å². The van der Waals surface area contributed by atoms with E-state index in [2.05, 4.69) is 4.65 Å². The molecule has 0 fully saturated rings. The van der Waals surface area contributed by atoms with E-state index in [4.69, 9.17) is 11.6 Å². The first-order valence-electron chi connectivity index (χ1n) is 7.41. The van der Waals surface area contributed by atoms with Crippen molar-refractivity contribution in [1.29, 1.82) is 0 Å². The molecule has 0 radical (unpaired) electrons. The summed E-state index contributed by atoms with van der Waals surface area (Å²) in [5.41, 5.74) is 0.845. The van der Waals surface area contributed by atoms with Crippen LogP contribution < -0.4 is 9.76 Å². The quantitative estimate of drug-likeness (QED) is 0.409. The first-order chi connectivity index (χ1) is 12.1. The van der Waals surface area contributed by atoms with E-state index in [1.165, 1.54) is 24.3 Å². The smallest absolute Gasteiger partial charge is 0.872 e. The van der Waals surface area contributed by atoms with Gasteiger partial charge in [-0.2, -0.15) is 18.2 Å². The molecule has 1 aliphatic carbocycles.